The first-order valence-corrected chi connectivity index (χ1v) is 12.4. The fraction of sp³-hybridized carbons (Fsp3) is 0.385. The van der Waals surface area contributed by atoms with E-state index in [0.29, 0.717) is 59.4 Å². The number of nitrogens with zero attached hydrogens (tertiary/aromatic N) is 5. The van der Waals surface area contributed by atoms with Crippen LogP contribution in [0.25, 0.3) is 22.2 Å². The molecule has 0 amide bonds. The van der Waals surface area contributed by atoms with Gasteiger partial charge in [0, 0.05) is 36.6 Å². The van der Waals surface area contributed by atoms with Gasteiger partial charge in [-0.2, -0.15) is 20.3 Å². The zero-order valence-corrected chi connectivity index (χ0v) is 20.2. The topological polar surface area (TPSA) is 126 Å². The minimum absolute atomic E-state index is 0.322. The lowest BCUT2D eigenvalue weighted by Crippen LogP contribution is -2.20. The van der Waals surface area contributed by atoms with E-state index in [1.165, 1.54) is 25.7 Å². The Bertz CT molecular complexity index is 1440. The van der Waals surface area contributed by atoms with Gasteiger partial charge >= 0.3 is 0 Å². The Morgan fingerprint density at radius 2 is 1.89 bits per heavy atom. The number of aryl methyl sites for hydroxylation is 1. The van der Waals surface area contributed by atoms with E-state index in [9.17, 15) is 5.26 Å². The first-order chi connectivity index (χ1) is 17.7. The molecule has 1 aromatic carbocycles. The van der Waals surface area contributed by atoms with Crippen LogP contribution in [0.3, 0.4) is 0 Å². The summed E-state index contributed by atoms with van der Waals surface area (Å²) in [5, 5.41) is 21.6. The predicted octanol–water partition coefficient (Wildman–Crippen LogP) is 4.88. The van der Waals surface area contributed by atoms with E-state index in [1.807, 2.05) is 25.4 Å². The molecule has 184 valence electrons. The Balaban J connectivity index is 1.38. The number of fused-ring (bicyclic) bond motifs is 2. The van der Waals surface area contributed by atoms with Crippen LogP contribution in [-0.2, 0) is 7.05 Å². The number of nitriles is 1. The van der Waals surface area contributed by atoms with Gasteiger partial charge in [0.15, 0.2) is 11.5 Å². The van der Waals surface area contributed by atoms with Crippen LogP contribution in [0.1, 0.15) is 44.1 Å². The summed E-state index contributed by atoms with van der Waals surface area (Å²) >= 11 is 0. The molecule has 6 rings (SSSR count). The average Bonchev–Trinajstić information content (AvgIpc) is 3.43. The van der Waals surface area contributed by atoms with E-state index in [-0.39, 0.29) is 0 Å². The Morgan fingerprint density at radius 3 is 2.64 bits per heavy atom. The van der Waals surface area contributed by atoms with Crippen LogP contribution in [0.15, 0.2) is 30.7 Å². The summed E-state index contributed by atoms with van der Waals surface area (Å²) in [6.07, 6.45) is 12.5. The Morgan fingerprint density at radius 1 is 1.08 bits per heavy atom. The van der Waals surface area contributed by atoms with Gasteiger partial charge in [-0.15, -0.1) is 0 Å². The van der Waals surface area contributed by atoms with Crippen LogP contribution in [-0.4, -0.2) is 44.0 Å². The first-order valence-electron chi connectivity index (χ1n) is 12.4. The van der Waals surface area contributed by atoms with Crippen molar-refractivity contribution in [1.82, 2.24) is 24.7 Å². The number of benzene rings is 1. The Kier molecular flexibility index (Phi) is 5.81. The molecule has 0 radical (unpaired) electrons. The highest BCUT2D eigenvalue weighted by molar-refractivity contribution is 5.94. The molecule has 36 heavy (non-hydrogen) atoms. The van der Waals surface area contributed by atoms with Crippen molar-refractivity contribution in [2.24, 2.45) is 7.05 Å². The van der Waals surface area contributed by atoms with Crippen LogP contribution >= 0.6 is 0 Å². The second kappa shape index (κ2) is 9.41. The van der Waals surface area contributed by atoms with E-state index in [2.05, 4.69) is 31.8 Å². The van der Waals surface area contributed by atoms with Crippen molar-refractivity contribution in [1.29, 1.82) is 5.26 Å². The molecule has 2 aliphatic rings. The van der Waals surface area contributed by atoms with Crippen LogP contribution < -0.4 is 20.1 Å². The van der Waals surface area contributed by atoms with Crippen molar-refractivity contribution in [3.05, 3.63) is 36.3 Å². The molecule has 0 spiro atoms. The maximum Gasteiger partial charge on any atom is 0.231 e. The molecule has 1 aliphatic heterocycles. The zero-order chi connectivity index (χ0) is 24.5. The lowest BCUT2D eigenvalue weighted by Gasteiger charge is -2.24. The van der Waals surface area contributed by atoms with Gasteiger partial charge in [0.05, 0.1) is 22.8 Å². The Hall–Kier alpha value is -4.26. The molecule has 10 heteroatoms. The summed E-state index contributed by atoms with van der Waals surface area (Å²) in [5.41, 5.74) is 3.72. The van der Waals surface area contributed by atoms with Crippen molar-refractivity contribution in [2.75, 3.05) is 23.8 Å². The summed E-state index contributed by atoms with van der Waals surface area (Å²) in [6, 6.07) is 6.51. The van der Waals surface area contributed by atoms with Crippen molar-refractivity contribution >= 4 is 28.5 Å². The lowest BCUT2D eigenvalue weighted by molar-refractivity contribution is 0.173. The molecule has 4 aromatic rings. The van der Waals surface area contributed by atoms with Gasteiger partial charge in [-0.1, -0.05) is 25.7 Å². The summed E-state index contributed by atoms with van der Waals surface area (Å²) < 4.78 is 13.8. The lowest BCUT2D eigenvalue weighted by atomic mass is 10.1. The van der Waals surface area contributed by atoms with E-state index in [4.69, 9.17) is 14.5 Å². The van der Waals surface area contributed by atoms with Crippen LogP contribution in [0.5, 0.6) is 11.5 Å². The van der Waals surface area contributed by atoms with Gasteiger partial charge in [0.25, 0.3) is 0 Å². The molecule has 3 N–H and O–H groups in total. The number of anilines is 3. The van der Waals surface area contributed by atoms with E-state index < -0.39 is 0 Å². The van der Waals surface area contributed by atoms with Crippen molar-refractivity contribution in [3.8, 4) is 28.7 Å². The van der Waals surface area contributed by atoms with Crippen molar-refractivity contribution in [3.63, 3.8) is 0 Å². The standard InChI is InChI=1S/C26H28N8O2/c1-34-15-17(14-29-34)19-8-9-20(23-22(19)35-10-11-36-23)31-26-32-24-21(16(12-27)13-28-24)25(33-26)30-18-6-4-2-3-5-7-18/h8-9,13-15,18H,2-7,10-11H2,1H3,(H3,28,30,31,32,33). The van der Waals surface area contributed by atoms with Crippen molar-refractivity contribution in [2.45, 2.75) is 44.6 Å². The van der Waals surface area contributed by atoms with Gasteiger partial charge in [-0.05, 0) is 25.0 Å². The number of rotatable bonds is 5. The van der Waals surface area contributed by atoms with Gasteiger partial charge < -0.3 is 25.1 Å². The molecule has 0 unspecified atom stereocenters. The fourth-order valence-electron chi connectivity index (χ4n) is 5.04. The highest BCUT2D eigenvalue weighted by Crippen LogP contribution is 2.45. The minimum Gasteiger partial charge on any atom is -0.485 e. The molecule has 0 saturated heterocycles. The average molecular weight is 485 g/mol. The van der Waals surface area contributed by atoms with Crippen LogP contribution in [0.2, 0.25) is 0 Å². The first kappa shape index (κ1) is 22.2. The Labute approximate surface area is 208 Å². The third kappa shape index (κ3) is 4.17. The quantitative estimate of drug-likeness (QED) is 0.342. The molecule has 4 heterocycles. The number of H-pyrrole nitrogens is 1. The third-order valence-electron chi connectivity index (χ3n) is 6.80. The van der Waals surface area contributed by atoms with Gasteiger partial charge in [-0.3, -0.25) is 4.68 Å². The molecule has 10 nitrogen and oxygen atoms in total. The number of aromatic nitrogens is 5. The second-order valence-electron chi connectivity index (χ2n) is 9.31. The van der Waals surface area contributed by atoms with E-state index in [0.717, 1.165) is 29.4 Å². The third-order valence-corrected chi connectivity index (χ3v) is 6.80. The maximum atomic E-state index is 9.65. The molecule has 0 atom stereocenters. The van der Waals surface area contributed by atoms with Crippen molar-refractivity contribution < 1.29 is 9.47 Å². The largest absolute Gasteiger partial charge is 0.485 e. The van der Waals surface area contributed by atoms with E-state index in [1.54, 1.807) is 17.1 Å². The highest BCUT2D eigenvalue weighted by Gasteiger charge is 2.24. The molecule has 1 fully saturated rings. The molecular weight excluding hydrogens is 456 g/mol. The normalized spacial score (nSPS) is 15.9. The van der Waals surface area contributed by atoms with Gasteiger partial charge in [0.1, 0.15) is 30.7 Å². The zero-order valence-electron chi connectivity index (χ0n) is 20.2. The molecule has 1 saturated carbocycles. The van der Waals surface area contributed by atoms with Crippen LogP contribution in [0, 0.1) is 11.3 Å². The second-order valence-corrected chi connectivity index (χ2v) is 9.31. The molecule has 3 aromatic heterocycles. The highest BCUT2D eigenvalue weighted by atomic mass is 16.6. The monoisotopic (exact) mass is 484 g/mol. The predicted molar refractivity (Wildman–Crippen MR) is 137 cm³/mol. The van der Waals surface area contributed by atoms with Gasteiger partial charge in [-0.25, -0.2) is 0 Å². The number of ether oxygens (including phenoxy) is 2. The van der Waals surface area contributed by atoms with E-state index >= 15 is 0 Å². The van der Waals surface area contributed by atoms with Crippen LogP contribution in [0.4, 0.5) is 17.5 Å². The minimum atomic E-state index is 0.322. The number of hydrogen-bond acceptors (Lipinski definition) is 8. The SMILES string of the molecule is Cn1cc(-c2ccc(Nc3nc(NC4CCCCCC4)c4c(C#N)c[nH]c4n3)c3c2OCCO3)cn1. The smallest absolute Gasteiger partial charge is 0.231 e. The summed E-state index contributed by atoms with van der Waals surface area (Å²) in [6.45, 7) is 0.926. The maximum absolute atomic E-state index is 9.65. The molecular formula is C26H28N8O2. The number of aromatic amines is 1. The summed E-state index contributed by atoms with van der Waals surface area (Å²) in [7, 11) is 1.88. The molecule has 1 aliphatic carbocycles. The summed E-state index contributed by atoms with van der Waals surface area (Å²) in [4.78, 5) is 12.6. The number of nitrogens with one attached hydrogen (secondary N) is 3. The summed E-state index contributed by atoms with van der Waals surface area (Å²) in [5.74, 6) is 2.37. The van der Waals surface area contributed by atoms with Gasteiger partial charge in [0.2, 0.25) is 5.95 Å². The fourth-order valence-corrected chi connectivity index (χ4v) is 5.04. The molecule has 0 bridgehead atoms. The number of hydrogen-bond donors (Lipinski definition) is 3.